The molecule has 5 nitrogen and oxygen atoms in total. The Morgan fingerprint density at radius 3 is 2.54 bits per heavy atom. The maximum absolute atomic E-state index is 12.7. The highest BCUT2D eigenvalue weighted by Gasteiger charge is 2.30. The van der Waals surface area contributed by atoms with Crippen LogP contribution in [0.3, 0.4) is 0 Å². The van der Waals surface area contributed by atoms with Gasteiger partial charge in [0.1, 0.15) is 0 Å². The van der Waals surface area contributed by atoms with Crippen molar-refractivity contribution >= 4 is 23.2 Å². The van der Waals surface area contributed by atoms with Crippen LogP contribution in [0, 0.1) is 0 Å². The second-order valence-corrected chi connectivity index (χ2v) is 5.76. The van der Waals surface area contributed by atoms with Gasteiger partial charge in [0.15, 0.2) is 0 Å². The maximum Gasteiger partial charge on any atom is 0.416 e. The molecule has 0 spiro atoms. The largest absolute Gasteiger partial charge is 0.416 e. The predicted molar refractivity (Wildman–Crippen MR) is 91.6 cm³/mol. The average molecular weight is 381 g/mol. The van der Waals surface area contributed by atoms with Crippen LogP contribution in [0.15, 0.2) is 54.7 Å². The minimum absolute atomic E-state index is 0.102. The predicted octanol–water partition coefficient (Wildman–Crippen LogP) is 4.51. The second kappa shape index (κ2) is 7.09. The number of nitrogens with one attached hydrogen (secondary N) is 3. The Hall–Kier alpha value is -3.00. The van der Waals surface area contributed by atoms with E-state index in [0.717, 1.165) is 12.1 Å². The summed E-state index contributed by atoms with van der Waals surface area (Å²) in [6.45, 7) is 0. The molecule has 3 rings (SSSR count). The molecule has 0 aliphatic carbocycles. The van der Waals surface area contributed by atoms with Crippen molar-refractivity contribution in [1.82, 2.24) is 15.6 Å². The number of hydrazine groups is 1. The van der Waals surface area contributed by atoms with E-state index in [2.05, 4.69) is 21.0 Å². The molecule has 1 heterocycles. The van der Waals surface area contributed by atoms with Gasteiger partial charge in [-0.1, -0.05) is 29.8 Å². The van der Waals surface area contributed by atoms with Crippen LogP contribution in [-0.2, 0) is 6.18 Å². The van der Waals surface area contributed by atoms with Crippen LogP contribution in [0.5, 0.6) is 0 Å². The molecular weight excluding hydrogens is 369 g/mol. The van der Waals surface area contributed by atoms with E-state index < -0.39 is 17.6 Å². The Bertz CT molecular complexity index is 922. The number of anilines is 1. The first-order valence-corrected chi connectivity index (χ1v) is 7.75. The molecule has 1 amide bonds. The molecule has 2 aromatic carbocycles. The Balaban J connectivity index is 1.74. The summed E-state index contributed by atoms with van der Waals surface area (Å²) in [6.07, 6.45) is -3.14. The summed E-state index contributed by atoms with van der Waals surface area (Å²) < 4.78 is 38.2. The Morgan fingerprint density at radius 2 is 1.85 bits per heavy atom. The van der Waals surface area contributed by atoms with E-state index in [1.807, 2.05) is 0 Å². The van der Waals surface area contributed by atoms with E-state index in [-0.39, 0.29) is 11.3 Å². The summed E-state index contributed by atoms with van der Waals surface area (Å²) >= 11 is 5.84. The van der Waals surface area contributed by atoms with Gasteiger partial charge in [0.05, 0.1) is 28.7 Å². The fraction of sp³-hybridized carbons (Fsp3) is 0.0588. The van der Waals surface area contributed by atoms with E-state index in [1.165, 1.54) is 18.3 Å². The second-order valence-electron chi connectivity index (χ2n) is 5.32. The zero-order chi connectivity index (χ0) is 18.7. The summed E-state index contributed by atoms with van der Waals surface area (Å²) in [5.41, 5.74) is 5.50. The molecule has 0 saturated carbocycles. The summed E-state index contributed by atoms with van der Waals surface area (Å²) in [5.74, 6) is -0.555. The first kappa shape index (κ1) is 17.8. The van der Waals surface area contributed by atoms with Gasteiger partial charge in [-0.05, 0) is 30.3 Å². The highest BCUT2D eigenvalue weighted by atomic mass is 35.5. The molecule has 0 atom stereocenters. The first-order chi connectivity index (χ1) is 12.3. The number of hydrogen-bond acceptors (Lipinski definition) is 3. The molecule has 9 heteroatoms. The smallest absolute Gasteiger partial charge is 0.298 e. The summed E-state index contributed by atoms with van der Waals surface area (Å²) in [7, 11) is 0. The van der Waals surface area contributed by atoms with Crippen molar-refractivity contribution in [3.8, 4) is 11.3 Å². The molecule has 26 heavy (non-hydrogen) atoms. The number of benzene rings is 2. The van der Waals surface area contributed by atoms with Crippen LogP contribution in [-0.4, -0.2) is 16.1 Å². The number of carbonyl (C=O) groups excluding carboxylic acids is 1. The Morgan fingerprint density at radius 1 is 1.12 bits per heavy atom. The minimum atomic E-state index is -4.46. The summed E-state index contributed by atoms with van der Waals surface area (Å²) in [5, 5.41) is 7.11. The van der Waals surface area contributed by atoms with Crippen molar-refractivity contribution in [2.45, 2.75) is 6.18 Å². The lowest BCUT2D eigenvalue weighted by molar-refractivity contribution is -0.137. The molecule has 0 fully saturated rings. The lowest BCUT2D eigenvalue weighted by Gasteiger charge is -2.11. The standard InChI is InChI=1S/C17H12ClF3N4O/c18-12-6-4-10(5-7-12)15-14(9-22-24-15)16(26)25-23-13-3-1-2-11(8-13)17(19,20)21/h1-9,23H,(H,22,24)(H,25,26). The highest BCUT2D eigenvalue weighted by molar-refractivity contribution is 6.30. The van der Waals surface area contributed by atoms with Crippen molar-refractivity contribution in [2.24, 2.45) is 0 Å². The van der Waals surface area contributed by atoms with Crippen molar-refractivity contribution in [3.63, 3.8) is 0 Å². The highest BCUT2D eigenvalue weighted by Crippen LogP contribution is 2.30. The Kier molecular flexibility index (Phi) is 4.85. The van der Waals surface area contributed by atoms with E-state index >= 15 is 0 Å². The van der Waals surface area contributed by atoms with Crippen LogP contribution < -0.4 is 10.9 Å². The van der Waals surface area contributed by atoms with Gasteiger partial charge in [-0.3, -0.25) is 20.7 Å². The first-order valence-electron chi connectivity index (χ1n) is 7.37. The van der Waals surface area contributed by atoms with E-state index in [0.29, 0.717) is 16.3 Å². The van der Waals surface area contributed by atoms with Crippen LogP contribution in [0.1, 0.15) is 15.9 Å². The van der Waals surface area contributed by atoms with Gasteiger partial charge in [-0.15, -0.1) is 0 Å². The monoisotopic (exact) mass is 380 g/mol. The van der Waals surface area contributed by atoms with E-state index in [4.69, 9.17) is 11.6 Å². The molecule has 1 aromatic heterocycles. The maximum atomic E-state index is 12.7. The SMILES string of the molecule is O=C(NNc1cccc(C(F)(F)F)c1)c1cn[nH]c1-c1ccc(Cl)cc1. The van der Waals surface area contributed by atoms with Crippen molar-refractivity contribution in [1.29, 1.82) is 0 Å². The van der Waals surface area contributed by atoms with E-state index in [9.17, 15) is 18.0 Å². The fourth-order valence-electron chi connectivity index (χ4n) is 2.26. The number of aromatic nitrogens is 2. The molecule has 134 valence electrons. The zero-order valence-electron chi connectivity index (χ0n) is 13.1. The summed E-state index contributed by atoms with van der Waals surface area (Å²) in [4.78, 5) is 12.3. The molecule has 0 aliphatic heterocycles. The number of alkyl halides is 3. The van der Waals surface area contributed by atoms with Crippen LogP contribution in [0.25, 0.3) is 11.3 Å². The molecule has 0 aliphatic rings. The van der Waals surface area contributed by atoms with Crippen molar-refractivity contribution in [2.75, 3.05) is 5.43 Å². The molecule has 0 saturated heterocycles. The van der Waals surface area contributed by atoms with Gasteiger partial charge < -0.3 is 0 Å². The van der Waals surface area contributed by atoms with Crippen LogP contribution in [0.4, 0.5) is 18.9 Å². The number of carbonyl (C=O) groups is 1. The fourth-order valence-corrected chi connectivity index (χ4v) is 2.39. The van der Waals surface area contributed by atoms with Crippen LogP contribution >= 0.6 is 11.6 Å². The molecule has 0 radical (unpaired) electrons. The lowest BCUT2D eigenvalue weighted by Crippen LogP contribution is -2.29. The van der Waals surface area contributed by atoms with Gasteiger partial charge in [0, 0.05) is 10.6 Å². The van der Waals surface area contributed by atoms with Crippen LogP contribution in [0.2, 0.25) is 5.02 Å². The lowest BCUT2D eigenvalue weighted by atomic mass is 10.1. The molecule has 0 unspecified atom stereocenters. The molecular formula is C17H12ClF3N4O. The third-order valence-electron chi connectivity index (χ3n) is 3.53. The molecule has 0 bridgehead atoms. The quantitative estimate of drug-likeness (QED) is 0.583. The zero-order valence-corrected chi connectivity index (χ0v) is 13.8. The van der Waals surface area contributed by atoms with Gasteiger partial charge in [-0.25, -0.2) is 0 Å². The normalized spacial score (nSPS) is 11.2. The Labute approximate surface area is 151 Å². The molecule has 3 aromatic rings. The van der Waals surface area contributed by atoms with Gasteiger partial charge in [0.25, 0.3) is 5.91 Å². The number of aromatic amines is 1. The number of halogens is 4. The van der Waals surface area contributed by atoms with Gasteiger partial charge in [0.2, 0.25) is 0 Å². The third kappa shape index (κ3) is 3.97. The van der Waals surface area contributed by atoms with Crippen molar-refractivity contribution < 1.29 is 18.0 Å². The third-order valence-corrected chi connectivity index (χ3v) is 3.78. The minimum Gasteiger partial charge on any atom is -0.298 e. The van der Waals surface area contributed by atoms with Crippen molar-refractivity contribution in [3.05, 3.63) is 70.9 Å². The number of amides is 1. The topological polar surface area (TPSA) is 69.8 Å². The van der Waals surface area contributed by atoms with Gasteiger partial charge >= 0.3 is 6.18 Å². The number of H-pyrrole nitrogens is 1. The average Bonchev–Trinajstić information content (AvgIpc) is 3.09. The number of nitrogens with zero attached hydrogens (tertiary/aromatic N) is 1. The van der Waals surface area contributed by atoms with E-state index in [1.54, 1.807) is 24.3 Å². The summed E-state index contributed by atoms with van der Waals surface area (Å²) in [6, 6.07) is 11.3. The number of hydrogen-bond donors (Lipinski definition) is 3. The number of rotatable bonds is 4. The van der Waals surface area contributed by atoms with Gasteiger partial charge in [-0.2, -0.15) is 18.3 Å². The molecule has 3 N–H and O–H groups in total.